The molecule has 1 N–H and O–H groups in total. The number of nitrogens with one attached hydrogen (secondary N) is 1. The Balaban J connectivity index is 1.72. The smallest absolute Gasteiger partial charge is 0.0254 e. The number of hydrogen-bond donors (Lipinski definition) is 1. The van der Waals surface area contributed by atoms with Crippen molar-refractivity contribution in [2.24, 2.45) is 11.8 Å². The first-order valence-electron chi connectivity index (χ1n) is 6.20. The van der Waals surface area contributed by atoms with Crippen LogP contribution in [0.5, 0.6) is 0 Å². The molecule has 16 heavy (non-hydrogen) atoms. The quantitative estimate of drug-likeness (QED) is 0.774. The van der Waals surface area contributed by atoms with Gasteiger partial charge in [-0.15, -0.1) is 11.6 Å². The third-order valence-electron chi connectivity index (χ3n) is 3.59. The summed E-state index contributed by atoms with van der Waals surface area (Å²) in [5, 5.41) is 3.55. The average Bonchev–Trinajstić information content (AvgIpc) is 2.78. The van der Waals surface area contributed by atoms with Crippen LogP contribution in [0.25, 0.3) is 0 Å². The highest BCUT2D eigenvalue weighted by Gasteiger charge is 2.25. The Hall–Kier alpha value is -0.530. The van der Waals surface area contributed by atoms with Crippen molar-refractivity contribution in [1.29, 1.82) is 0 Å². The third-order valence-corrected chi connectivity index (χ3v) is 3.99. The first kappa shape index (κ1) is 11.9. The predicted octanol–water partition coefficient (Wildman–Crippen LogP) is 3.43. The molecule has 0 radical (unpaired) electrons. The van der Waals surface area contributed by atoms with E-state index < -0.39 is 0 Å². The summed E-state index contributed by atoms with van der Waals surface area (Å²) in [6.45, 7) is 2.10. The summed E-state index contributed by atoms with van der Waals surface area (Å²) in [5.74, 6) is 2.36. The lowest BCUT2D eigenvalue weighted by molar-refractivity contribution is 0.395. The van der Waals surface area contributed by atoms with Gasteiger partial charge in [-0.3, -0.25) is 0 Å². The Morgan fingerprint density at radius 3 is 2.62 bits per heavy atom. The number of rotatable bonds is 5. The van der Waals surface area contributed by atoms with Gasteiger partial charge in [0, 0.05) is 12.4 Å². The summed E-state index contributed by atoms with van der Waals surface area (Å²) in [6.07, 6.45) is 4.02. The summed E-state index contributed by atoms with van der Waals surface area (Å²) in [5.41, 5.74) is 1.36. The molecule has 0 heterocycles. The summed E-state index contributed by atoms with van der Waals surface area (Å²) < 4.78 is 0. The van der Waals surface area contributed by atoms with Crippen LogP contribution in [-0.4, -0.2) is 12.4 Å². The second-order valence-corrected chi connectivity index (χ2v) is 5.03. The molecule has 1 nitrogen and oxygen atoms in total. The molecule has 1 aliphatic rings. The summed E-state index contributed by atoms with van der Waals surface area (Å²) in [4.78, 5) is 0. The van der Waals surface area contributed by atoms with E-state index in [-0.39, 0.29) is 0 Å². The summed E-state index contributed by atoms with van der Waals surface area (Å²) in [6, 6.07) is 10.6. The van der Waals surface area contributed by atoms with Crippen LogP contribution in [0.1, 0.15) is 24.8 Å². The molecule has 1 aromatic carbocycles. The van der Waals surface area contributed by atoms with Crippen LogP contribution in [0.2, 0.25) is 0 Å². The van der Waals surface area contributed by atoms with Crippen LogP contribution in [-0.2, 0) is 6.54 Å². The summed E-state index contributed by atoms with van der Waals surface area (Å²) in [7, 11) is 0. The maximum absolute atomic E-state index is 5.97. The first-order valence-corrected chi connectivity index (χ1v) is 6.74. The zero-order valence-electron chi connectivity index (χ0n) is 9.66. The lowest BCUT2D eigenvalue weighted by atomic mass is 9.98. The number of benzene rings is 1. The lowest BCUT2D eigenvalue weighted by Gasteiger charge is -2.17. The van der Waals surface area contributed by atoms with Crippen molar-refractivity contribution < 1.29 is 0 Å². The largest absolute Gasteiger partial charge is 0.312 e. The van der Waals surface area contributed by atoms with E-state index in [1.165, 1.54) is 24.8 Å². The molecule has 1 saturated carbocycles. The van der Waals surface area contributed by atoms with Crippen molar-refractivity contribution in [1.82, 2.24) is 5.32 Å². The molecule has 88 valence electrons. The molecular weight excluding hydrogens is 218 g/mol. The standard InChI is InChI=1S/C14H20ClN/c15-9-13-7-4-8-14(13)11-16-10-12-5-2-1-3-6-12/h1-3,5-6,13-14,16H,4,7-11H2. The van der Waals surface area contributed by atoms with Crippen LogP contribution in [0.3, 0.4) is 0 Å². The van der Waals surface area contributed by atoms with Crippen LogP contribution in [0.15, 0.2) is 30.3 Å². The van der Waals surface area contributed by atoms with E-state index in [0.717, 1.165) is 30.8 Å². The minimum absolute atomic E-state index is 0.741. The number of halogens is 1. The van der Waals surface area contributed by atoms with E-state index in [9.17, 15) is 0 Å². The highest BCUT2D eigenvalue weighted by molar-refractivity contribution is 6.18. The minimum Gasteiger partial charge on any atom is -0.312 e. The molecule has 0 bridgehead atoms. The second kappa shape index (κ2) is 6.27. The first-order chi connectivity index (χ1) is 7.90. The fourth-order valence-electron chi connectivity index (χ4n) is 2.58. The van der Waals surface area contributed by atoms with Gasteiger partial charge < -0.3 is 5.32 Å². The van der Waals surface area contributed by atoms with E-state index in [1.54, 1.807) is 0 Å². The fourth-order valence-corrected chi connectivity index (χ4v) is 2.99. The number of alkyl halides is 1. The second-order valence-electron chi connectivity index (χ2n) is 4.72. The maximum Gasteiger partial charge on any atom is 0.0254 e. The van der Waals surface area contributed by atoms with Gasteiger partial charge in [-0.2, -0.15) is 0 Å². The molecule has 2 rings (SSSR count). The molecule has 0 spiro atoms. The van der Waals surface area contributed by atoms with Gasteiger partial charge in [0.05, 0.1) is 0 Å². The highest BCUT2D eigenvalue weighted by atomic mass is 35.5. The van der Waals surface area contributed by atoms with Crippen molar-refractivity contribution >= 4 is 11.6 Å². The SMILES string of the molecule is ClCC1CCCC1CNCc1ccccc1. The normalized spacial score (nSPS) is 24.8. The fraction of sp³-hybridized carbons (Fsp3) is 0.571. The third kappa shape index (κ3) is 3.23. The van der Waals surface area contributed by atoms with Gasteiger partial charge in [-0.1, -0.05) is 36.8 Å². The Kier molecular flexibility index (Phi) is 4.68. The van der Waals surface area contributed by atoms with Gasteiger partial charge in [-0.25, -0.2) is 0 Å². The van der Waals surface area contributed by atoms with Crippen molar-refractivity contribution in [3.05, 3.63) is 35.9 Å². The Morgan fingerprint density at radius 1 is 1.12 bits per heavy atom. The Morgan fingerprint density at radius 2 is 1.88 bits per heavy atom. The molecule has 2 heteroatoms. The molecule has 0 saturated heterocycles. The molecule has 0 aromatic heterocycles. The Labute approximate surface area is 103 Å². The monoisotopic (exact) mass is 237 g/mol. The van der Waals surface area contributed by atoms with E-state index in [0.29, 0.717) is 0 Å². The number of hydrogen-bond acceptors (Lipinski definition) is 1. The molecule has 2 unspecified atom stereocenters. The minimum atomic E-state index is 0.741. The molecule has 2 atom stereocenters. The zero-order chi connectivity index (χ0) is 11.2. The van der Waals surface area contributed by atoms with Crippen LogP contribution >= 0.6 is 11.6 Å². The molecule has 0 aliphatic heterocycles. The molecule has 0 amide bonds. The molecule has 1 aromatic rings. The van der Waals surface area contributed by atoms with Crippen LogP contribution in [0, 0.1) is 11.8 Å². The van der Waals surface area contributed by atoms with Gasteiger partial charge in [0.2, 0.25) is 0 Å². The van der Waals surface area contributed by atoms with Gasteiger partial charge in [0.15, 0.2) is 0 Å². The van der Waals surface area contributed by atoms with Crippen molar-refractivity contribution in [2.75, 3.05) is 12.4 Å². The lowest BCUT2D eigenvalue weighted by Crippen LogP contribution is -2.25. The van der Waals surface area contributed by atoms with E-state index >= 15 is 0 Å². The Bertz CT molecular complexity index is 299. The van der Waals surface area contributed by atoms with E-state index in [2.05, 4.69) is 35.6 Å². The van der Waals surface area contributed by atoms with Crippen molar-refractivity contribution in [3.8, 4) is 0 Å². The van der Waals surface area contributed by atoms with Crippen LogP contribution in [0.4, 0.5) is 0 Å². The summed E-state index contributed by atoms with van der Waals surface area (Å²) >= 11 is 5.97. The van der Waals surface area contributed by atoms with Crippen LogP contribution < -0.4 is 5.32 Å². The predicted molar refractivity (Wildman–Crippen MR) is 69.7 cm³/mol. The highest BCUT2D eigenvalue weighted by Crippen LogP contribution is 2.31. The van der Waals surface area contributed by atoms with E-state index in [1.807, 2.05) is 0 Å². The zero-order valence-corrected chi connectivity index (χ0v) is 10.4. The van der Waals surface area contributed by atoms with Crippen molar-refractivity contribution in [3.63, 3.8) is 0 Å². The molecule has 1 fully saturated rings. The van der Waals surface area contributed by atoms with Gasteiger partial charge in [-0.05, 0) is 36.8 Å². The average molecular weight is 238 g/mol. The topological polar surface area (TPSA) is 12.0 Å². The van der Waals surface area contributed by atoms with Gasteiger partial charge in [0.25, 0.3) is 0 Å². The van der Waals surface area contributed by atoms with Gasteiger partial charge in [0.1, 0.15) is 0 Å². The molecule has 1 aliphatic carbocycles. The maximum atomic E-state index is 5.97. The van der Waals surface area contributed by atoms with Gasteiger partial charge >= 0.3 is 0 Å². The molecular formula is C14H20ClN. The van der Waals surface area contributed by atoms with Crippen molar-refractivity contribution in [2.45, 2.75) is 25.8 Å². The van der Waals surface area contributed by atoms with E-state index in [4.69, 9.17) is 11.6 Å².